The summed E-state index contributed by atoms with van der Waals surface area (Å²) in [6.07, 6.45) is 3.91. The molecule has 8 nitrogen and oxygen atoms in total. The zero-order chi connectivity index (χ0) is 18.2. The van der Waals surface area contributed by atoms with Gasteiger partial charge in [0.05, 0.1) is 18.4 Å². The van der Waals surface area contributed by atoms with Crippen molar-refractivity contribution in [1.29, 1.82) is 0 Å². The zero-order valence-corrected chi connectivity index (χ0v) is 15.3. The minimum absolute atomic E-state index is 0.181. The number of oxime groups is 1. The molecule has 1 atom stereocenters. The fourth-order valence-electron chi connectivity index (χ4n) is 3.05. The topological polar surface area (TPSA) is 101 Å². The number of nitrogens with one attached hydrogen (secondary N) is 1. The summed E-state index contributed by atoms with van der Waals surface area (Å²) in [6, 6.07) is 6.74. The minimum atomic E-state index is -3.53. The van der Waals surface area contributed by atoms with Crippen molar-refractivity contribution in [3.05, 3.63) is 42.0 Å². The lowest BCUT2D eigenvalue weighted by Crippen LogP contribution is -2.37. The first-order chi connectivity index (χ1) is 12.5. The number of sulfonamides is 1. The number of thiophene rings is 1. The predicted octanol–water partition coefficient (Wildman–Crippen LogP) is 1.69. The highest BCUT2D eigenvalue weighted by molar-refractivity contribution is 7.91. The zero-order valence-electron chi connectivity index (χ0n) is 13.7. The van der Waals surface area contributed by atoms with Crippen molar-refractivity contribution in [2.75, 3.05) is 18.4 Å². The van der Waals surface area contributed by atoms with Crippen LogP contribution in [0.2, 0.25) is 0 Å². The van der Waals surface area contributed by atoms with E-state index in [1.165, 1.54) is 21.8 Å². The molecule has 4 rings (SSSR count). The van der Waals surface area contributed by atoms with Gasteiger partial charge in [-0.25, -0.2) is 8.42 Å². The van der Waals surface area contributed by atoms with E-state index in [1.54, 1.807) is 35.8 Å². The number of pyridine rings is 1. The van der Waals surface area contributed by atoms with E-state index in [1.807, 2.05) is 0 Å². The minimum Gasteiger partial charge on any atom is -0.387 e. The summed E-state index contributed by atoms with van der Waals surface area (Å²) < 4.78 is 27.0. The van der Waals surface area contributed by atoms with E-state index in [2.05, 4.69) is 15.5 Å². The SMILES string of the molecule is O=C(Nc1cccnc1)C1=NOC2(CCN(S(=O)(=O)c3cccs3)C2)C1. The summed E-state index contributed by atoms with van der Waals surface area (Å²) in [5.41, 5.74) is 0.0464. The van der Waals surface area contributed by atoms with Gasteiger partial charge in [-0.2, -0.15) is 4.31 Å². The van der Waals surface area contributed by atoms with Gasteiger partial charge in [-0.3, -0.25) is 9.78 Å². The molecule has 2 aliphatic rings. The van der Waals surface area contributed by atoms with Gasteiger partial charge in [0.1, 0.15) is 9.92 Å². The maximum Gasteiger partial charge on any atom is 0.273 e. The third kappa shape index (κ3) is 3.11. The number of carbonyl (C=O) groups is 1. The van der Waals surface area contributed by atoms with Crippen LogP contribution in [0.25, 0.3) is 0 Å². The molecule has 2 aromatic heterocycles. The second-order valence-electron chi connectivity index (χ2n) is 6.21. The van der Waals surface area contributed by atoms with Gasteiger partial charge in [0, 0.05) is 25.6 Å². The fraction of sp³-hybridized carbons (Fsp3) is 0.312. The van der Waals surface area contributed by atoms with Gasteiger partial charge in [-0.15, -0.1) is 11.3 Å². The van der Waals surface area contributed by atoms with Crippen LogP contribution in [0.3, 0.4) is 0 Å². The normalized spacial score (nSPS) is 23.0. The van der Waals surface area contributed by atoms with E-state index < -0.39 is 15.6 Å². The molecule has 0 radical (unpaired) electrons. The Morgan fingerprint density at radius 1 is 1.35 bits per heavy atom. The maximum atomic E-state index is 12.6. The number of hydrogen-bond donors (Lipinski definition) is 1. The smallest absolute Gasteiger partial charge is 0.273 e. The highest BCUT2D eigenvalue weighted by atomic mass is 32.2. The first-order valence-electron chi connectivity index (χ1n) is 7.99. The largest absolute Gasteiger partial charge is 0.387 e. The molecule has 1 amide bonds. The molecule has 0 aliphatic carbocycles. The van der Waals surface area contributed by atoms with Crippen LogP contribution in [0, 0.1) is 0 Å². The van der Waals surface area contributed by atoms with Crippen LogP contribution in [-0.4, -0.2) is 48.0 Å². The van der Waals surface area contributed by atoms with Crippen LogP contribution >= 0.6 is 11.3 Å². The third-order valence-electron chi connectivity index (χ3n) is 4.39. The van der Waals surface area contributed by atoms with Gasteiger partial charge in [0.15, 0.2) is 5.60 Å². The number of nitrogens with zero attached hydrogens (tertiary/aromatic N) is 3. The molecule has 136 valence electrons. The third-order valence-corrected chi connectivity index (χ3v) is 7.61. The van der Waals surface area contributed by atoms with Crippen molar-refractivity contribution in [3.8, 4) is 0 Å². The first kappa shape index (κ1) is 17.1. The molecule has 10 heteroatoms. The molecule has 2 aliphatic heterocycles. The Morgan fingerprint density at radius 2 is 2.23 bits per heavy atom. The van der Waals surface area contributed by atoms with Crippen LogP contribution < -0.4 is 5.32 Å². The van der Waals surface area contributed by atoms with Crippen LogP contribution in [0.5, 0.6) is 0 Å². The van der Waals surface area contributed by atoms with Crippen molar-refractivity contribution >= 4 is 38.7 Å². The van der Waals surface area contributed by atoms with Crippen LogP contribution in [0.4, 0.5) is 5.69 Å². The molecular formula is C16H16N4O4S2. The summed E-state index contributed by atoms with van der Waals surface area (Å²) in [5.74, 6) is -0.366. The van der Waals surface area contributed by atoms with Gasteiger partial charge >= 0.3 is 0 Å². The standard InChI is InChI=1S/C16H16N4O4S2/c21-15(18-12-3-1-6-17-10-12)13-9-16(24-19-13)5-7-20(11-16)26(22,23)14-4-2-8-25-14/h1-4,6,8,10H,5,7,9,11H2,(H,18,21). The summed E-state index contributed by atoms with van der Waals surface area (Å²) in [6.45, 7) is 0.521. The average molecular weight is 392 g/mol. The summed E-state index contributed by atoms with van der Waals surface area (Å²) in [4.78, 5) is 21.8. The molecule has 2 aromatic rings. The molecule has 1 spiro atoms. The van der Waals surface area contributed by atoms with E-state index in [9.17, 15) is 13.2 Å². The van der Waals surface area contributed by atoms with Gasteiger partial charge in [0.2, 0.25) is 0 Å². The molecule has 0 bridgehead atoms. The molecule has 1 saturated heterocycles. The van der Waals surface area contributed by atoms with E-state index >= 15 is 0 Å². The van der Waals surface area contributed by atoms with Gasteiger partial charge in [0.25, 0.3) is 15.9 Å². The van der Waals surface area contributed by atoms with Gasteiger partial charge in [-0.1, -0.05) is 11.2 Å². The van der Waals surface area contributed by atoms with Crippen molar-refractivity contribution in [1.82, 2.24) is 9.29 Å². The number of aromatic nitrogens is 1. The maximum absolute atomic E-state index is 12.6. The van der Waals surface area contributed by atoms with E-state index in [0.29, 0.717) is 22.9 Å². The Morgan fingerprint density at radius 3 is 2.96 bits per heavy atom. The molecule has 0 aromatic carbocycles. The van der Waals surface area contributed by atoms with Gasteiger partial charge in [-0.05, 0) is 23.6 Å². The number of carbonyl (C=O) groups excluding carboxylic acids is 1. The summed E-state index contributed by atoms with van der Waals surface area (Å²) >= 11 is 1.19. The van der Waals surface area contributed by atoms with Crippen molar-refractivity contribution < 1.29 is 18.0 Å². The lowest BCUT2D eigenvalue weighted by atomic mass is 9.96. The van der Waals surface area contributed by atoms with Crippen LogP contribution in [0.15, 0.2) is 51.4 Å². The highest BCUT2D eigenvalue weighted by Crippen LogP contribution is 2.37. The number of anilines is 1. The highest BCUT2D eigenvalue weighted by Gasteiger charge is 2.50. The Labute approximate surface area is 154 Å². The lowest BCUT2D eigenvalue weighted by molar-refractivity contribution is -0.110. The van der Waals surface area contributed by atoms with Crippen molar-refractivity contribution in [2.24, 2.45) is 5.16 Å². The quantitative estimate of drug-likeness (QED) is 0.853. The monoisotopic (exact) mass is 392 g/mol. The second kappa shape index (κ2) is 6.45. The van der Waals surface area contributed by atoms with Crippen molar-refractivity contribution in [3.63, 3.8) is 0 Å². The van der Waals surface area contributed by atoms with Crippen LogP contribution in [-0.2, 0) is 19.7 Å². The predicted molar refractivity (Wildman–Crippen MR) is 96.4 cm³/mol. The Kier molecular flexibility index (Phi) is 4.25. The molecule has 1 unspecified atom stereocenters. The summed E-state index contributed by atoms with van der Waals surface area (Å²) in [7, 11) is -3.53. The fourth-order valence-corrected chi connectivity index (χ4v) is 5.71. The second-order valence-corrected chi connectivity index (χ2v) is 9.32. The Hall–Kier alpha value is -2.30. The lowest BCUT2D eigenvalue weighted by Gasteiger charge is -2.21. The van der Waals surface area contributed by atoms with E-state index in [4.69, 9.17) is 4.84 Å². The van der Waals surface area contributed by atoms with Crippen LogP contribution in [0.1, 0.15) is 12.8 Å². The number of rotatable bonds is 4. The Balaban J connectivity index is 1.42. The van der Waals surface area contributed by atoms with Crippen molar-refractivity contribution in [2.45, 2.75) is 22.7 Å². The molecule has 0 saturated carbocycles. The first-order valence-corrected chi connectivity index (χ1v) is 10.3. The summed E-state index contributed by atoms with van der Waals surface area (Å²) in [5, 5.41) is 8.35. The molecule has 26 heavy (non-hydrogen) atoms. The molecular weight excluding hydrogens is 376 g/mol. The van der Waals surface area contributed by atoms with Gasteiger partial charge < -0.3 is 10.2 Å². The molecule has 4 heterocycles. The number of amides is 1. The van der Waals surface area contributed by atoms with E-state index in [0.717, 1.165) is 0 Å². The Bertz CT molecular complexity index is 944. The average Bonchev–Trinajstić information content (AvgIpc) is 3.38. The number of hydrogen-bond acceptors (Lipinski definition) is 7. The van der Waals surface area contributed by atoms with E-state index in [-0.39, 0.29) is 24.6 Å². The molecule has 1 fully saturated rings. The molecule has 1 N–H and O–H groups in total.